The summed E-state index contributed by atoms with van der Waals surface area (Å²) in [5, 5.41) is 12.5. The third-order valence-corrected chi connectivity index (χ3v) is 4.73. The van der Waals surface area contributed by atoms with Crippen molar-refractivity contribution in [2.24, 2.45) is 5.92 Å². The molecule has 1 aromatic carbocycles. The molecule has 25 heavy (non-hydrogen) atoms. The predicted molar refractivity (Wildman–Crippen MR) is 98.7 cm³/mol. The zero-order valence-electron chi connectivity index (χ0n) is 14.6. The Morgan fingerprint density at radius 1 is 1.32 bits per heavy atom. The summed E-state index contributed by atoms with van der Waals surface area (Å²) in [6, 6.07) is 14.1. The van der Waals surface area contributed by atoms with E-state index in [0.29, 0.717) is 17.3 Å². The Morgan fingerprint density at radius 3 is 2.92 bits per heavy atom. The first-order chi connectivity index (χ1) is 12.3. The second-order valence-corrected chi connectivity index (χ2v) is 6.45. The van der Waals surface area contributed by atoms with Gasteiger partial charge in [0, 0.05) is 25.8 Å². The lowest BCUT2D eigenvalue weighted by atomic mass is 10.1. The van der Waals surface area contributed by atoms with Crippen LogP contribution in [0.5, 0.6) is 5.75 Å². The summed E-state index contributed by atoms with van der Waals surface area (Å²) in [6.45, 7) is 4.17. The van der Waals surface area contributed by atoms with Gasteiger partial charge in [0.1, 0.15) is 17.6 Å². The summed E-state index contributed by atoms with van der Waals surface area (Å²) in [5.74, 6) is 2.20. The molecule has 2 aromatic rings. The van der Waals surface area contributed by atoms with Gasteiger partial charge in [-0.3, -0.25) is 0 Å². The molecule has 5 nitrogen and oxygen atoms in total. The minimum absolute atomic E-state index is 0.601. The van der Waals surface area contributed by atoms with E-state index in [0.717, 1.165) is 38.3 Å². The second-order valence-electron chi connectivity index (χ2n) is 6.45. The summed E-state index contributed by atoms with van der Waals surface area (Å²) in [7, 11) is 1.69. The smallest absolute Gasteiger partial charge is 0.143 e. The maximum atomic E-state index is 9.12. The number of ether oxygens (including phenoxy) is 1. The van der Waals surface area contributed by atoms with Crippen LogP contribution in [0.3, 0.4) is 0 Å². The van der Waals surface area contributed by atoms with E-state index in [2.05, 4.69) is 33.4 Å². The molecule has 2 heterocycles. The van der Waals surface area contributed by atoms with Crippen molar-refractivity contribution in [3.63, 3.8) is 0 Å². The molecule has 1 aromatic heterocycles. The van der Waals surface area contributed by atoms with Crippen molar-refractivity contribution >= 4 is 5.82 Å². The fourth-order valence-corrected chi connectivity index (χ4v) is 3.24. The number of nitrogens with zero attached hydrogens (tertiary/aromatic N) is 3. The van der Waals surface area contributed by atoms with Crippen molar-refractivity contribution in [2.45, 2.75) is 12.8 Å². The molecule has 0 unspecified atom stereocenters. The third-order valence-electron chi connectivity index (χ3n) is 4.73. The molecular weight excluding hydrogens is 312 g/mol. The van der Waals surface area contributed by atoms with Gasteiger partial charge in [0.15, 0.2) is 0 Å². The second kappa shape index (κ2) is 8.50. The molecule has 1 atom stereocenters. The van der Waals surface area contributed by atoms with Crippen LogP contribution in [0.2, 0.25) is 0 Å². The number of methoxy groups -OCH3 is 1. The first-order valence-electron chi connectivity index (χ1n) is 8.73. The van der Waals surface area contributed by atoms with E-state index >= 15 is 0 Å². The van der Waals surface area contributed by atoms with Crippen LogP contribution in [0.25, 0.3) is 0 Å². The third kappa shape index (κ3) is 4.71. The molecule has 0 radical (unpaired) electrons. The van der Waals surface area contributed by atoms with Crippen molar-refractivity contribution in [3.05, 3.63) is 53.7 Å². The Hall–Kier alpha value is -2.58. The number of nitriles is 1. The molecule has 1 aliphatic rings. The number of rotatable bonds is 7. The molecule has 1 N–H and O–H groups in total. The molecule has 130 valence electrons. The van der Waals surface area contributed by atoms with Crippen LogP contribution in [0.1, 0.15) is 17.5 Å². The number of nitrogens with one attached hydrogen (secondary N) is 1. The molecule has 3 rings (SSSR count). The first-order valence-corrected chi connectivity index (χ1v) is 8.73. The van der Waals surface area contributed by atoms with E-state index < -0.39 is 0 Å². The Kier molecular flexibility index (Phi) is 5.86. The summed E-state index contributed by atoms with van der Waals surface area (Å²) >= 11 is 0. The predicted octanol–water partition coefficient (Wildman–Crippen LogP) is 2.94. The summed E-state index contributed by atoms with van der Waals surface area (Å²) < 4.78 is 5.20. The summed E-state index contributed by atoms with van der Waals surface area (Å²) in [6.07, 6.45) is 3.96. The highest BCUT2D eigenvalue weighted by Crippen LogP contribution is 2.19. The molecule has 1 saturated heterocycles. The lowest BCUT2D eigenvalue weighted by molar-refractivity contribution is 0.330. The molecule has 1 fully saturated rings. The van der Waals surface area contributed by atoms with Gasteiger partial charge in [0.25, 0.3) is 0 Å². The van der Waals surface area contributed by atoms with E-state index in [9.17, 15) is 0 Å². The number of anilines is 1. The Balaban J connectivity index is 1.43. The number of pyridine rings is 1. The Morgan fingerprint density at radius 2 is 2.16 bits per heavy atom. The average Bonchev–Trinajstić information content (AvgIpc) is 3.13. The minimum Gasteiger partial charge on any atom is -0.497 e. The normalized spacial score (nSPS) is 17.2. The van der Waals surface area contributed by atoms with Crippen LogP contribution >= 0.6 is 0 Å². The van der Waals surface area contributed by atoms with Crippen LogP contribution in [0.4, 0.5) is 5.82 Å². The maximum absolute atomic E-state index is 9.12. The van der Waals surface area contributed by atoms with Crippen LogP contribution < -0.4 is 10.1 Å². The van der Waals surface area contributed by atoms with Gasteiger partial charge in [0.05, 0.1) is 12.7 Å². The van der Waals surface area contributed by atoms with Gasteiger partial charge in [-0.05, 0) is 55.1 Å². The fraction of sp³-hybridized carbons (Fsp3) is 0.400. The standard InChI is InChI=1S/C20H24N4O/c1-25-19-6-4-16(5-7-19)8-11-24-12-9-17(15-24)14-23-20-18(13-21)3-2-10-22-20/h2-7,10,17H,8-9,11-12,14-15H2,1H3,(H,22,23)/t17-/m1/s1. The zero-order chi connectivity index (χ0) is 17.5. The quantitative estimate of drug-likeness (QED) is 0.842. The molecule has 0 saturated carbocycles. The Bertz CT molecular complexity index is 723. The molecule has 0 aliphatic carbocycles. The van der Waals surface area contributed by atoms with Crippen molar-refractivity contribution in [1.82, 2.24) is 9.88 Å². The lowest BCUT2D eigenvalue weighted by Gasteiger charge is -2.16. The zero-order valence-corrected chi connectivity index (χ0v) is 14.6. The number of likely N-dealkylation sites (tertiary alicyclic amines) is 1. The topological polar surface area (TPSA) is 61.2 Å². The van der Waals surface area contributed by atoms with E-state index in [4.69, 9.17) is 10.00 Å². The van der Waals surface area contributed by atoms with Crippen molar-refractivity contribution in [1.29, 1.82) is 5.26 Å². The van der Waals surface area contributed by atoms with Gasteiger partial charge < -0.3 is 15.0 Å². The molecule has 0 spiro atoms. The fourth-order valence-electron chi connectivity index (χ4n) is 3.24. The summed E-state index contributed by atoms with van der Waals surface area (Å²) in [5.41, 5.74) is 1.95. The highest BCUT2D eigenvalue weighted by Gasteiger charge is 2.22. The van der Waals surface area contributed by atoms with E-state index in [1.54, 1.807) is 25.4 Å². The molecule has 0 bridgehead atoms. The SMILES string of the molecule is COc1ccc(CCN2CC[C@H](CNc3ncccc3C#N)C2)cc1. The van der Waals surface area contributed by atoms with Crippen molar-refractivity contribution in [2.75, 3.05) is 38.6 Å². The highest BCUT2D eigenvalue weighted by atomic mass is 16.5. The highest BCUT2D eigenvalue weighted by molar-refractivity contribution is 5.51. The summed E-state index contributed by atoms with van der Waals surface area (Å²) in [4.78, 5) is 6.78. The Labute approximate surface area is 149 Å². The number of benzene rings is 1. The van der Waals surface area contributed by atoms with Crippen molar-refractivity contribution in [3.8, 4) is 11.8 Å². The average molecular weight is 336 g/mol. The number of aromatic nitrogens is 1. The van der Waals surface area contributed by atoms with E-state index in [-0.39, 0.29) is 0 Å². The van der Waals surface area contributed by atoms with Crippen LogP contribution in [0.15, 0.2) is 42.6 Å². The van der Waals surface area contributed by atoms with Crippen LogP contribution in [-0.4, -0.2) is 43.2 Å². The van der Waals surface area contributed by atoms with Crippen LogP contribution in [0, 0.1) is 17.2 Å². The van der Waals surface area contributed by atoms with Gasteiger partial charge in [-0.15, -0.1) is 0 Å². The van der Waals surface area contributed by atoms with Gasteiger partial charge in [-0.1, -0.05) is 12.1 Å². The molecular formula is C20H24N4O. The largest absolute Gasteiger partial charge is 0.497 e. The number of hydrogen-bond acceptors (Lipinski definition) is 5. The molecule has 1 aliphatic heterocycles. The number of hydrogen-bond donors (Lipinski definition) is 1. The lowest BCUT2D eigenvalue weighted by Crippen LogP contribution is -2.25. The molecule has 0 amide bonds. The van der Waals surface area contributed by atoms with Gasteiger partial charge in [-0.2, -0.15) is 5.26 Å². The monoisotopic (exact) mass is 336 g/mol. The van der Waals surface area contributed by atoms with Gasteiger partial charge in [0.2, 0.25) is 0 Å². The maximum Gasteiger partial charge on any atom is 0.143 e. The van der Waals surface area contributed by atoms with E-state index in [1.807, 2.05) is 12.1 Å². The molecule has 5 heteroatoms. The van der Waals surface area contributed by atoms with Gasteiger partial charge >= 0.3 is 0 Å². The van der Waals surface area contributed by atoms with Crippen molar-refractivity contribution < 1.29 is 4.74 Å². The van der Waals surface area contributed by atoms with Crippen LogP contribution in [-0.2, 0) is 6.42 Å². The first kappa shape index (κ1) is 17.2. The van der Waals surface area contributed by atoms with Gasteiger partial charge in [-0.25, -0.2) is 4.98 Å². The van der Waals surface area contributed by atoms with E-state index in [1.165, 1.54) is 12.0 Å². The minimum atomic E-state index is 0.601.